The number of rotatable bonds is 5. The van der Waals surface area contributed by atoms with E-state index in [1.54, 1.807) is 0 Å². The molecule has 0 saturated carbocycles. The average molecular weight is 355 g/mol. The molecule has 20 heavy (non-hydrogen) atoms. The highest BCUT2D eigenvalue weighted by Gasteiger charge is 2.07. The van der Waals surface area contributed by atoms with Gasteiger partial charge in [-0.05, 0) is 65.3 Å². The van der Waals surface area contributed by atoms with Crippen LogP contribution >= 0.6 is 27.5 Å². The zero-order chi connectivity index (χ0) is 14.5. The van der Waals surface area contributed by atoms with E-state index in [9.17, 15) is 0 Å². The molecule has 0 radical (unpaired) electrons. The van der Waals surface area contributed by atoms with Crippen LogP contribution in [-0.4, -0.2) is 6.54 Å². The van der Waals surface area contributed by atoms with Crippen molar-refractivity contribution in [2.75, 3.05) is 6.54 Å². The Morgan fingerprint density at radius 3 is 2.75 bits per heavy atom. The lowest BCUT2D eigenvalue weighted by Crippen LogP contribution is -2.17. The van der Waals surface area contributed by atoms with Crippen molar-refractivity contribution in [3.8, 4) is 11.5 Å². The number of benzene rings is 2. The van der Waals surface area contributed by atoms with Gasteiger partial charge in [0.1, 0.15) is 11.5 Å². The van der Waals surface area contributed by atoms with Crippen LogP contribution in [0.5, 0.6) is 11.5 Å². The van der Waals surface area contributed by atoms with E-state index < -0.39 is 0 Å². The first-order valence-electron chi connectivity index (χ1n) is 6.56. The van der Waals surface area contributed by atoms with Gasteiger partial charge in [0.05, 0.1) is 4.47 Å². The Balaban J connectivity index is 2.19. The Morgan fingerprint density at radius 1 is 1.25 bits per heavy atom. The molecule has 106 valence electrons. The third kappa shape index (κ3) is 3.98. The van der Waals surface area contributed by atoms with Gasteiger partial charge in [0.25, 0.3) is 0 Å². The molecule has 2 aromatic carbocycles. The summed E-state index contributed by atoms with van der Waals surface area (Å²) in [5.41, 5.74) is 1.20. The minimum atomic E-state index is 0.303. The van der Waals surface area contributed by atoms with Crippen molar-refractivity contribution in [3.05, 3.63) is 57.5 Å². The Kier molecular flexibility index (Phi) is 5.46. The summed E-state index contributed by atoms with van der Waals surface area (Å²) in [6, 6.07) is 13.9. The molecule has 2 aromatic rings. The lowest BCUT2D eigenvalue weighted by molar-refractivity contribution is 0.477. The van der Waals surface area contributed by atoms with E-state index in [4.69, 9.17) is 16.3 Å². The first-order chi connectivity index (χ1) is 9.60. The van der Waals surface area contributed by atoms with E-state index in [1.807, 2.05) is 36.4 Å². The van der Waals surface area contributed by atoms with Crippen LogP contribution in [0.4, 0.5) is 0 Å². The topological polar surface area (TPSA) is 21.3 Å². The van der Waals surface area contributed by atoms with Crippen LogP contribution in [0, 0.1) is 0 Å². The Hall–Kier alpha value is -1.03. The summed E-state index contributed by atoms with van der Waals surface area (Å²) < 4.78 is 6.74. The van der Waals surface area contributed by atoms with Gasteiger partial charge in [-0.2, -0.15) is 0 Å². The quantitative estimate of drug-likeness (QED) is 0.758. The van der Waals surface area contributed by atoms with Crippen LogP contribution < -0.4 is 10.1 Å². The van der Waals surface area contributed by atoms with Gasteiger partial charge in [-0.25, -0.2) is 0 Å². The highest BCUT2D eigenvalue weighted by Crippen LogP contribution is 2.32. The molecule has 4 heteroatoms. The fourth-order valence-electron chi connectivity index (χ4n) is 1.96. The van der Waals surface area contributed by atoms with Crippen LogP contribution in [0.25, 0.3) is 0 Å². The van der Waals surface area contributed by atoms with Crippen molar-refractivity contribution in [1.29, 1.82) is 0 Å². The number of halogens is 2. The monoisotopic (exact) mass is 353 g/mol. The van der Waals surface area contributed by atoms with Crippen molar-refractivity contribution < 1.29 is 4.74 Å². The van der Waals surface area contributed by atoms with Crippen molar-refractivity contribution in [2.24, 2.45) is 0 Å². The molecule has 0 fully saturated rings. The molecule has 0 aliphatic heterocycles. The molecule has 0 heterocycles. The standard InChI is InChI=1S/C16H17BrClNO/c1-3-19-11(2)12-5-4-6-14(9-12)20-16-8-7-13(18)10-15(16)17/h4-11,19H,3H2,1-2H3. The number of ether oxygens (including phenoxy) is 1. The summed E-state index contributed by atoms with van der Waals surface area (Å²) in [4.78, 5) is 0. The van der Waals surface area contributed by atoms with Crippen LogP contribution in [0.1, 0.15) is 25.5 Å². The lowest BCUT2D eigenvalue weighted by Gasteiger charge is -2.14. The molecule has 0 saturated heterocycles. The summed E-state index contributed by atoms with van der Waals surface area (Å²) in [6.45, 7) is 5.18. The predicted octanol–water partition coefficient (Wildman–Crippen LogP) is 5.57. The van der Waals surface area contributed by atoms with Gasteiger partial charge in [0, 0.05) is 11.1 Å². The van der Waals surface area contributed by atoms with E-state index in [0.29, 0.717) is 11.1 Å². The highest BCUT2D eigenvalue weighted by atomic mass is 79.9. The summed E-state index contributed by atoms with van der Waals surface area (Å²) in [5.74, 6) is 1.57. The van der Waals surface area contributed by atoms with Gasteiger partial charge in [0.2, 0.25) is 0 Å². The molecule has 2 rings (SSSR count). The minimum absolute atomic E-state index is 0.303. The van der Waals surface area contributed by atoms with E-state index in [2.05, 4.69) is 41.2 Å². The number of hydrogen-bond donors (Lipinski definition) is 1. The molecule has 0 bridgehead atoms. The van der Waals surface area contributed by atoms with Crippen molar-refractivity contribution in [1.82, 2.24) is 5.32 Å². The lowest BCUT2D eigenvalue weighted by atomic mass is 10.1. The molecule has 0 aromatic heterocycles. The largest absolute Gasteiger partial charge is 0.456 e. The summed E-state index contributed by atoms with van der Waals surface area (Å²) in [7, 11) is 0. The van der Waals surface area contributed by atoms with Crippen LogP contribution in [0.2, 0.25) is 5.02 Å². The number of nitrogens with one attached hydrogen (secondary N) is 1. The first-order valence-corrected chi connectivity index (χ1v) is 7.73. The minimum Gasteiger partial charge on any atom is -0.456 e. The Morgan fingerprint density at radius 2 is 2.05 bits per heavy atom. The molecule has 1 atom stereocenters. The van der Waals surface area contributed by atoms with E-state index in [-0.39, 0.29) is 0 Å². The molecule has 1 N–H and O–H groups in total. The van der Waals surface area contributed by atoms with E-state index in [1.165, 1.54) is 5.56 Å². The molecule has 2 nitrogen and oxygen atoms in total. The first kappa shape index (κ1) is 15.4. The normalized spacial score (nSPS) is 12.2. The summed E-state index contributed by atoms with van der Waals surface area (Å²) >= 11 is 9.38. The Bertz CT molecular complexity index is 588. The van der Waals surface area contributed by atoms with Crippen molar-refractivity contribution >= 4 is 27.5 Å². The molecule has 0 spiro atoms. The fourth-order valence-corrected chi connectivity index (χ4v) is 2.72. The van der Waals surface area contributed by atoms with E-state index >= 15 is 0 Å². The maximum atomic E-state index is 5.93. The highest BCUT2D eigenvalue weighted by molar-refractivity contribution is 9.10. The van der Waals surface area contributed by atoms with Crippen LogP contribution in [-0.2, 0) is 0 Å². The SMILES string of the molecule is CCNC(C)c1cccc(Oc2ccc(Cl)cc2Br)c1. The van der Waals surface area contributed by atoms with E-state index in [0.717, 1.165) is 22.5 Å². The van der Waals surface area contributed by atoms with Crippen LogP contribution in [0.15, 0.2) is 46.9 Å². The third-order valence-corrected chi connectivity index (χ3v) is 3.84. The summed E-state index contributed by atoms with van der Waals surface area (Å²) in [6.07, 6.45) is 0. The van der Waals surface area contributed by atoms with Crippen molar-refractivity contribution in [2.45, 2.75) is 19.9 Å². The van der Waals surface area contributed by atoms with Crippen molar-refractivity contribution in [3.63, 3.8) is 0 Å². The molecular formula is C16H17BrClNO. The second-order valence-corrected chi connectivity index (χ2v) is 5.82. The second kappa shape index (κ2) is 7.11. The molecule has 0 amide bonds. The predicted molar refractivity (Wildman–Crippen MR) is 87.8 cm³/mol. The zero-order valence-electron chi connectivity index (χ0n) is 11.5. The van der Waals surface area contributed by atoms with Gasteiger partial charge < -0.3 is 10.1 Å². The fraction of sp³-hybridized carbons (Fsp3) is 0.250. The Labute approximate surface area is 133 Å². The maximum Gasteiger partial charge on any atom is 0.141 e. The molecule has 0 aliphatic carbocycles. The smallest absolute Gasteiger partial charge is 0.141 e. The maximum absolute atomic E-state index is 5.93. The van der Waals surface area contributed by atoms with Gasteiger partial charge in [-0.15, -0.1) is 0 Å². The molecule has 1 unspecified atom stereocenters. The van der Waals surface area contributed by atoms with Gasteiger partial charge in [-0.1, -0.05) is 30.7 Å². The van der Waals surface area contributed by atoms with Gasteiger partial charge in [-0.3, -0.25) is 0 Å². The number of hydrogen-bond acceptors (Lipinski definition) is 2. The molecular weight excluding hydrogens is 338 g/mol. The zero-order valence-corrected chi connectivity index (χ0v) is 13.8. The average Bonchev–Trinajstić information content (AvgIpc) is 2.43. The van der Waals surface area contributed by atoms with Gasteiger partial charge in [0.15, 0.2) is 0 Å². The third-order valence-electron chi connectivity index (χ3n) is 2.99. The second-order valence-electron chi connectivity index (χ2n) is 4.53. The molecule has 0 aliphatic rings. The van der Waals surface area contributed by atoms with Gasteiger partial charge >= 0.3 is 0 Å². The van der Waals surface area contributed by atoms with Crippen LogP contribution in [0.3, 0.4) is 0 Å². The summed E-state index contributed by atoms with van der Waals surface area (Å²) in [5, 5.41) is 4.07.